The van der Waals surface area contributed by atoms with E-state index < -0.39 is 17.8 Å². The van der Waals surface area contributed by atoms with Crippen LogP contribution < -0.4 is 4.90 Å². The number of ketones is 1. The Hall–Kier alpha value is -3.49. The second-order valence-corrected chi connectivity index (χ2v) is 8.87. The summed E-state index contributed by atoms with van der Waals surface area (Å²) in [5.41, 5.74) is 1.27. The molecule has 0 aliphatic heterocycles. The Labute approximate surface area is 201 Å². The topological polar surface area (TPSA) is 68.1 Å². The molecule has 0 saturated carbocycles. The number of fused-ring (bicyclic) bond motifs is 1. The largest absolute Gasteiger partial charge is 0.435 e. The Morgan fingerprint density at radius 3 is 2.51 bits per heavy atom. The zero-order chi connectivity index (χ0) is 25.0. The van der Waals surface area contributed by atoms with Gasteiger partial charge in [0.05, 0.1) is 6.54 Å². The number of amides is 1. The maximum absolute atomic E-state index is 13.5. The quantitative estimate of drug-likeness (QED) is 0.467. The minimum absolute atomic E-state index is 0.110. The molecule has 4 rings (SSSR count). The number of benzene rings is 1. The second-order valence-electron chi connectivity index (χ2n) is 8.87. The molecule has 3 aromatic rings. The number of hydrogen-bond donors (Lipinski definition) is 0. The van der Waals surface area contributed by atoms with Crippen LogP contribution in [0.3, 0.4) is 0 Å². The summed E-state index contributed by atoms with van der Waals surface area (Å²) >= 11 is 0. The molecule has 1 amide bonds. The van der Waals surface area contributed by atoms with Crippen LogP contribution in [0, 0.1) is 5.92 Å². The molecule has 0 spiro atoms. The number of anilines is 1. The number of carbonyl (C=O) groups is 2. The Morgan fingerprint density at radius 2 is 1.83 bits per heavy atom. The molecule has 1 atom stereocenters. The molecule has 2 aromatic heterocycles. The normalized spacial score (nSPS) is 14.3. The van der Waals surface area contributed by atoms with Crippen molar-refractivity contribution in [2.75, 3.05) is 11.9 Å². The Balaban J connectivity index is 1.56. The number of hydrogen-bond acceptors (Lipinski definition) is 4. The van der Waals surface area contributed by atoms with E-state index in [-0.39, 0.29) is 30.2 Å². The summed E-state index contributed by atoms with van der Waals surface area (Å²) < 4.78 is 41.8. The summed E-state index contributed by atoms with van der Waals surface area (Å²) in [4.78, 5) is 32.1. The van der Waals surface area contributed by atoms with Crippen LogP contribution in [0.2, 0.25) is 0 Å². The van der Waals surface area contributed by atoms with E-state index >= 15 is 0 Å². The molecular weight excluding hydrogens is 457 g/mol. The van der Waals surface area contributed by atoms with Crippen molar-refractivity contribution in [3.05, 3.63) is 77.4 Å². The third-order valence-electron chi connectivity index (χ3n) is 6.35. The Kier molecular flexibility index (Phi) is 7.33. The van der Waals surface area contributed by atoms with Crippen LogP contribution in [0.5, 0.6) is 0 Å². The van der Waals surface area contributed by atoms with E-state index in [2.05, 4.69) is 10.1 Å². The van der Waals surface area contributed by atoms with Gasteiger partial charge in [-0.2, -0.15) is 18.3 Å². The van der Waals surface area contributed by atoms with Crippen molar-refractivity contribution in [1.29, 1.82) is 0 Å². The van der Waals surface area contributed by atoms with Crippen molar-refractivity contribution in [3.63, 3.8) is 0 Å². The first-order valence-electron chi connectivity index (χ1n) is 11.6. The van der Waals surface area contributed by atoms with Crippen LogP contribution in [-0.4, -0.2) is 33.5 Å². The molecule has 184 valence electrons. The summed E-state index contributed by atoms with van der Waals surface area (Å²) in [5.74, 6) is -1.27. The zero-order valence-electron chi connectivity index (χ0n) is 19.5. The fourth-order valence-corrected chi connectivity index (χ4v) is 4.64. The Bertz CT molecular complexity index is 1180. The van der Waals surface area contributed by atoms with Gasteiger partial charge in [0.1, 0.15) is 0 Å². The van der Waals surface area contributed by atoms with Gasteiger partial charge in [-0.3, -0.25) is 19.3 Å². The molecule has 0 saturated heterocycles. The predicted octanol–water partition coefficient (Wildman–Crippen LogP) is 4.66. The van der Waals surface area contributed by atoms with Crippen LogP contribution in [0.15, 0.2) is 54.9 Å². The number of pyridine rings is 1. The standard InChI is InChI=1S/C26H27F3N4O2/c1-32(20-9-3-2-4-10-20)25(35)19(14-18-8-7-13-30-16-18)15-21(34)17-33-23-12-6-5-11-22(23)24(31-33)26(27,28)29/h2-4,7-10,13,16,19H,5-6,11-12,14-15,17H2,1H3. The van der Waals surface area contributed by atoms with Gasteiger partial charge in [-0.05, 0) is 55.9 Å². The lowest BCUT2D eigenvalue weighted by Gasteiger charge is -2.24. The van der Waals surface area contributed by atoms with Gasteiger partial charge in [0, 0.05) is 48.7 Å². The van der Waals surface area contributed by atoms with Crippen molar-refractivity contribution >= 4 is 17.4 Å². The predicted molar refractivity (Wildman–Crippen MR) is 125 cm³/mol. The average molecular weight is 485 g/mol. The maximum atomic E-state index is 13.5. The van der Waals surface area contributed by atoms with Crippen LogP contribution in [0.4, 0.5) is 18.9 Å². The number of rotatable bonds is 8. The molecule has 2 heterocycles. The molecular formula is C26H27F3N4O2. The lowest BCUT2D eigenvalue weighted by atomic mass is 9.93. The van der Waals surface area contributed by atoms with Crippen molar-refractivity contribution in [2.45, 2.75) is 51.2 Å². The van der Waals surface area contributed by atoms with E-state index in [0.717, 1.165) is 12.0 Å². The van der Waals surface area contributed by atoms with Crippen LogP contribution in [0.25, 0.3) is 0 Å². The van der Waals surface area contributed by atoms with Crippen molar-refractivity contribution < 1.29 is 22.8 Å². The molecule has 1 aromatic carbocycles. The minimum atomic E-state index is -4.56. The molecule has 0 bridgehead atoms. The van der Waals surface area contributed by atoms with Gasteiger partial charge in [-0.1, -0.05) is 24.3 Å². The smallest absolute Gasteiger partial charge is 0.315 e. The number of Topliss-reactive ketones (excluding diaryl/α,β-unsaturated/α-hetero) is 1. The summed E-state index contributed by atoms with van der Waals surface area (Å²) in [7, 11) is 1.65. The first kappa shape index (κ1) is 24.6. The second kappa shape index (κ2) is 10.4. The third-order valence-corrected chi connectivity index (χ3v) is 6.35. The lowest BCUT2D eigenvalue weighted by molar-refractivity contribution is -0.142. The molecule has 0 N–H and O–H groups in total. The number of halogens is 3. The fourth-order valence-electron chi connectivity index (χ4n) is 4.64. The lowest BCUT2D eigenvalue weighted by Crippen LogP contribution is -2.35. The molecule has 35 heavy (non-hydrogen) atoms. The number of alkyl halides is 3. The molecule has 0 fully saturated rings. The summed E-state index contributed by atoms with van der Waals surface area (Å²) in [6, 6.07) is 12.7. The van der Waals surface area contributed by atoms with Crippen molar-refractivity contribution in [1.82, 2.24) is 14.8 Å². The fraction of sp³-hybridized carbons (Fsp3) is 0.385. The van der Waals surface area contributed by atoms with E-state index in [4.69, 9.17) is 0 Å². The summed E-state index contributed by atoms with van der Waals surface area (Å²) in [6.07, 6.45) is 1.09. The first-order chi connectivity index (χ1) is 16.7. The summed E-state index contributed by atoms with van der Waals surface area (Å²) in [5, 5.41) is 3.79. The van der Waals surface area contributed by atoms with E-state index in [1.54, 1.807) is 37.6 Å². The highest BCUT2D eigenvalue weighted by atomic mass is 19.4. The van der Waals surface area contributed by atoms with Gasteiger partial charge in [0.2, 0.25) is 5.91 Å². The van der Waals surface area contributed by atoms with E-state index in [9.17, 15) is 22.8 Å². The van der Waals surface area contributed by atoms with Gasteiger partial charge < -0.3 is 4.90 Å². The maximum Gasteiger partial charge on any atom is 0.435 e. The highest BCUT2D eigenvalue weighted by molar-refractivity contribution is 5.97. The molecule has 0 radical (unpaired) electrons. The average Bonchev–Trinajstić information content (AvgIpc) is 3.23. The highest BCUT2D eigenvalue weighted by Gasteiger charge is 2.39. The molecule has 1 aliphatic carbocycles. The van der Waals surface area contributed by atoms with Crippen LogP contribution in [0.1, 0.15) is 41.8 Å². The molecule has 9 heteroatoms. The van der Waals surface area contributed by atoms with Gasteiger partial charge in [0.25, 0.3) is 0 Å². The molecule has 1 aliphatic rings. The van der Waals surface area contributed by atoms with Gasteiger partial charge in [-0.15, -0.1) is 0 Å². The number of nitrogens with zero attached hydrogens (tertiary/aromatic N) is 4. The number of aromatic nitrogens is 3. The first-order valence-corrected chi connectivity index (χ1v) is 11.6. The summed E-state index contributed by atoms with van der Waals surface area (Å²) in [6.45, 7) is -0.287. The highest BCUT2D eigenvalue weighted by Crippen LogP contribution is 2.36. The number of para-hydroxylation sites is 1. The monoisotopic (exact) mass is 484 g/mol. The van der Waals surface area contributed by atoms with Crippen molar-refractivity contribution in [3.8, 4) is 0 Å². The SMILES string of the molecule is CN(C(=O)C(CC(=O)Cn1nc(C(F)(F)F)c2c1CCCC2)Cc1cccnc1)c1ccccc1. The van der Waals surface area contributed by atoms with Crippen LogP contribution in [-0.2, 0) is 41.6 Å². The van der Waals surface area contributed by atoms with Crippen molar-refractivity contribution in [2.24, 2.45) is 5.92 Å². The zero-order valence-corrected chi connectivity index (χ0v) is 19.5. The number of carbonyl (C=O) groups excluding carboxylic acids is 2. The van der Waals surface area contributed by atoms with E-state index in [0.29, 0.717) is 37.1 Å². The van der Waals surface area contributed by atoms with E-state index in [1.165, 1.54) is 9.58 Å². The van der Waals surface area contributed by atoms with Crippen LogP contribution >= 0.6 is 0 Å². The van der Waals surface area contributed by atoms with Gasteiger partial charge in [0.15, 0.2) is 11.5 Å². The Morgan fingerprint density at radius 1 is 1.09 bits per heavy atom. The van der Waals surface area contributed by atoms with E-state index in [1.807, 2.05) is 24.3 Å². The molecule has 1 unspecified atom stereocenters. The minimum Gasteiger partial charge on any atom is -0.315 e. The van der Waals surface area contributed by atoms with Gasteiger partial charge >= 0.3 is 6.18 Å². The van der Waals surface area contributed by atoms with Gasteiger partial charge in [-0.25, -0.2) is 0 Å². The third kappa shape index (κ3) is 5.78. The molecule has 6 nitrogen and oxygen atoms in total.